The smallest absolute Gasteiger partial charge is 0.327 e. The van der Waals surface area contributed by atoms with Crippen molar-refractivity contribution in [3.8, 4) is 28.7 Å². The number of carbonyl (C=O) groups is 2. The van der Waals surface area contributed by atoms with Gasteiger partial charge in [0.05, 0.1) is 31.7 Å². The molecule has 3 aliphatic rings. The molecule has 10 nitrogen and oxygen atoms in total. The Morgan fingerprint density at radius 3 is 2.31 bits per heavy atom. The van der Waals surface area contributed by atoms with Crippen LogP contribution in [0.2, 0.25) is 0 Å². The number of aliphatic hydroxyl groups is 1. The van der Waals surface area contributed by atoms with E-state index in [2.05, 4.69) is 0 Å². The van der Waals surface area contributed by atoms with Crippen LogP contribution in [0, 0.1) is 5.92 Å². The molecule has 0 bridgehead atoms. The summed E-state index contributed by atoms with van der Waals surface area (Å²) in [4.78, 5) is 33.1. The van der Waals surface area contributed by atoms with Crippen LogP contribution in [0.4, 0.5) is 4.79 Å². The van der Waals surface area contributed by atoms with E-state index < -0.39 is 35.4 Å². The van der Waals surface area contributed by atoms with Crippen molar-refractivity contribution in [2.75, 3.05) is 27.6 Å². The number of amides is 3. The molecule has 282 valence electrons. The van der Waals surface area contributed by atoms with Crippen LogP contribution in [0.15, 0.2) is 115 Å². The number of benzene rings is 5. The van der Waals surface area contributed by atoms with Crippen molar-refractivity contribution in [2.24, 2.45) is 5.92 Å². The van der Waals surface area contributed by atoms with Crippen LogP contribution in [0.1, 0.15) is 65.6 Å². The zero-order chi connectivity index (χ0) is 38.3. The second kappa shape index (κ2) is 14.7. The Balaban J connectivity index is 1.37. The number of urea groups is 1. The minimum absolute atomic E-state index is 0.0731. The fourth-order valence-electron chi connectivity index (χ4n) is 8.30. The molecule has 5 aromatic carbocycles. The summed E-state index contributed by atoms with van der Waals surface area (Å²) in [5, 5.41) is 13.9. The molecule has 0 saturated carbocycles. The normalized spacial score (nSPS) is 22.5. The van der Waals surface area contributed by atoms with E-state index in [-0.39, 0.29) is 19.4 Å². The van der Waals surface area contributed by atoms with E-state index in [0.717, 1.165) is 17.5 Å². The Labute approximate surface area is 320 Å². The van der Waals surface area contributed by atoms with Gasteiger partial charge in [0.2, 0.25) is 12.7 Å². The van der Waals surface area contributed by atoms with Crippen molar-refractivity contribution in [1.29, 1.82) is 0 Å². The van der Waals surface area contributed by atoms with Gasteiger partial charge in [0.1, 0.15) is 29.5 Å². The topological polar surface area (TPSA) is 107 Å². The summed E-state index contributed by atoms with van der Waals surface area (Å²) in [6, 6.07) is 34.3. The molecule has 10 heteroatoms. The summed E-state index contributed by atoms with van der Waals surface area (Å²) in [6.07, 6.45) is 0.780. The van der Waals surface area contributed by atoms with Gasteiger partial charge in [0.15, 0.2) is 11.5 Å². The summed E-state index contributed by atoms with van der Waals surface area (Å²) in [5.41, 5.74) is 1.94. The third-order valence-electron chi connectivity index (χ3n) is 11.1. The van der Waals surface area contributed by atoms with Gasteiger partial charge in [-0.25, -0.2) is 4.79 Å². The third kappa shape index (κ3) is 6.20. The number of ether oxygens (including phenoxy) is 5. The zero-order valence-electron chi connectivity index (χ0n) is 31.3. The number of hydrogen-bond donors (Lipinski definition) is 1. The lowest BCUT2D eigenvalue weighted by atomic mass is 9.74. The minimum Gasteiger partial charge on any atom is -0.497 e. The number of nitrogens with zero attached hydrogens (tertiary/aromatic N) is 2. The molecule has 2 aliphatic heterocycles. The number of likely N-dealkylation sites (N-methyl/N-ethyl adjacent to an activating group) is 1. The number of rotatable bonds is 11. The lowest BCUT2D eigenvalue weighted by Crippen LogP contribution is -2.48. The number of methoxy groups -OCH3 is 1. The summed E-state index contributed by atoms with van der Waals surface area (Å²) < 4.78 is 29.8. The van der Waals surface area contributed by atoms with Crippen LogP contribution in [-0.4, -0.2) is 60.4 Å². The van der Waals surface area contributed by atoms with Crippen LogP contribution in [0.3, 0.4) is 0 Å². The van der Waals surface area contributed by atoms with Gasteiger partial charge in [0.25, 0.3) is 0 Å². The molecule has 55 heavy (non-hydrogen) atoms. The summed E-state index contributed by atoms with van der Waals surface area (Å²) >= 11 is 0. The summed E-state index contributed by atoms with van der Waals surface area (Å²) in [6.45, 7) is 4.69. The molecule has 2 heterocycles. The fourth-order valence-corrected chi connectivity index (χ4v) is 8.30. The number of fused-ring (bicyclic) bond motifs is 2. The Morgan fingerprint density at radius 1 is 0.836 bits per heavy atom. The van der Waals surface area contributed by atoms with Gasteiger partial charge in [-0.05, 0) is 77.6 Å². The Kier molecular flexibility index (Phi) is 9.61. The molecule has 0 radical (unpaired) electrons. The molecule has 1 N–H and O–H groups in total. The molecule has 0 spiro atoms. The second-order valence-corrected chi connectivity index (χ2v) is 14.3. The standard InChI is InChI=1S/C45H44N2O8/c1-5-22-52-33-17-19-34-36(24-33)45(50,35-20-18-32(51-4)25-38(35)53-26-29-12-8-6-9-13-29)41(40(34)31-16-21-37-39(23-31)55-27-54-37)43(48)47-42(28(2)46(3)44(47)49)30-14-10-7-11-15-30/h6-21,23-25,28,40-42,50H,5,22,26-27H2,1-4H3/t28-,40-,41-,42-,45-/m0/s1. The summed E-state index contributed by atoms with van der Waals surface area (Å²) in [5.74, 6) is -0.0157. The van der Waals surface area contributed by atoms with Crippen molar-refractivity contribution in [1.82, 2.24) is 9.80 Å². The van der Waals surface area contributed by atoms with Gasteiger partial charge in [0, 0.05) is 24.6 Å². The van der Waals surface area contributed by atoms with Crippen molar-refractivity contribution >= 4 is 11.9 Å². The average molecular weight is 741 g/mol. The predicted octanol–water partition coefficient (Wildman–Crippen LogP) is 7.81. The van der Waals surface area contributed by atoms with Crippen LogP contribution in [0.5, 0.6) is 28.7 Å². The van der Waals surface area contributed by atoms with Gasteiger partial charge < -0.3 is 33.7 Å². The molecule has 0 unspecified atom stereocenters. The van der Waals surface area contributed by atoms with Gasteiger partial charge in [-0.1, -0.05) is 79.7 Å². The first-order valence-corrected chi connectivity index (χ1v) is 18.6. The molecule has 3 amide bonds. The Morgan fingerprint density at radius 2 is 1.56 bits per heavy atom. The van der Waals surface area contributed by atoms with E-state index in [1.165, 1.54) is 4.90 Å². The second-order valence-electron chi connectivity index (χ2n) is 14.3. The molecule has 1 fully saturated rings. The first-order chi connectivity index (χ1) is 26.7. The highest BCUT2D eigenvalue weighted by Gasteiger charge is 2.61. The van der Waals surface area contributed by atoms with E-state index >= 15 is 4.79 Å². The van der Waals surface area contributed by atoms with Crippen molar-refractivity contribution < 1.29 is 38.4 Å². The Hall–Kier alpha value is -6.00. The Bertz CT molecular complexity index is 2210. The number of imide groups is 1. The molecule has 5 aromatic rings. The maximum absolute atomic E-state index is 15.8. The van der Waals surface area contributed by atoms with Crippen LogP contribution in [-0.2, 0) is 17.0 Å². The zero-order valence-corrected chi connectivity index (χ0v) is 31.3. The molecule has 1 aliphatic carbocycles. The molecule has 8 rings (SSSR count). The van der Waals surface area contributed by atoms with E-state index in [1.54, 1.807) is 37.3 Å². The van der Waals surface area contributed by atoms with Gasteiger partial charge in [-0.2, -0.15) is 0 Å². The van der Waals surface area contributed by atoms with E-state index in [1.807, 2.05) is 111 Å². The van der Waals surface area contributed by atoms with Crippen molar-refractivity contribution in [3.63, 3.8) is 0 Å². The van der Waals surface area contributed by atoms with Crippen LogP contribution in [0.25, 0.3) is 0 Å². The van der Waals surface area contributed by atoms with Crippen LogP contribution >= 0.6 is 0 Å². The largest absolute Gasteiger partial charge is 0.497 e. The van der Waals surface area contributed by atoms with E-state index in [0.29, 0.717) is 57.6 Å². The van der Waals surface area contributed by atoms with Gasteiger partial charge >= 0.3 is 6.03 Å². The molecule has 0 aromatic heterocycles. The third-order valence-corrected chi connectivity index (χ3v) is 11.1. The SMILES string of the molecule is CCCOc1ccc2c(c1)[C@@](O)(c1ccc(OC)cc1OCc1ccccc1)[C@H](C(=O)N1C(=O)N(C)[C@@H](C)[C@H]1c1ccccc1)[C@H]2c1ccc2c(c1)OCO2. The van der Waals surface area contributed by atoms with Crippen LogP contribution < -0.4 is 23.7 Å². The molecular weight excluding hydrogens is 697 g/mol. The number of hydrogen-bond acceptors (Lipinski definition) is 8. The highest BCUT2D eigenvalue weighted by molar-refractivity contribution is 6.00. The predicted molar refractivity (Wildman–Crippen MR) is 206 cm³/mol. The molecule has 1 saturated heterocycles. The van der Waals surface area contributed by atoms with Gasteiger partial charge in [-0.3, -0.25) is 9.69 Å². The average Bonchev–Trinajstić information content (AvgIpc) is 3.87. The fraction of sp³-hybridized carbons (Fsp3) is 0.289. The van der Waals surface area contributed by atoms with Gasteiger partial charge in [-0.15, -0.1) is 0 Å². The lowest BCUT2D eigenvalue weighted by Gasteiger charge is -2.37. The minimum atomic E-state index is -2.04. The van der Waals surface area contributed by atoms with E-state index in [4.69, 9.17) is 23.7 Å². The maximum atomic E-state index is 15.8. The van der Waals surface area contributed by atoms with Crippen molar-refractivity contribution in [2.45, 2.75) is 50.5 Å². The first kappa shape index (κ1) is 36.0. The lowest BCUT2D eigenvalue weighted by molar-refractivity contribution is -0.141. The monoisotopic (exact) mass is 740 g/mol. The molecule has 5 atom stereocenters. The maximum Gasteiger partial charge on any atom is 0.327 e. The molecular formula is C45H44N2O8. The highest BCUT2D eigenvalue weighted by atomic mass is 16.7. The quantitative estimate of drug-likeness (QED) is 0.146. The van der Waals surface area contributed by atoms with Crippen molar-refractivity contribution in [3.05, 3.63) is 149 Å². The highest BCUT2D eigenvalue weighted by Crippen LogP contribution is 2.59. The first-order valence-electron chi connectivity index (χ1n) is 18.6. The summed E-state index contributed by atoms with van der Waals surface area (Å²) in [7, 11) is 3.27. The van der Waals surface area contributed by atoms with E-state index in [9.17, 15) is 9.90 Å². The number of carbonyl (C=O) groups excluding carboxylic acids is 2.